The standard InChI is InChI=1S/C21H33NO4/c1-16(20(24)25-14-17-9-4-3-5-10-17)8-6-7-11-22-13-19-18(23)12-21(2,15-22)26-19/h3-5,9-10,16,18-20,23-24H,6-8,11-15H2,1-2H3/t16?,18?,19-,20?,21-/m1/s1. The van der Waals surface area contributed by atoms with Crippen LogP contribution in [-0.4, -0.2) is 58.8 Å². The Morgan fingerprint density at radius 2 is 2.08 bits per heavy atom. The fourth-order valence-electron chi connectivity index (χ4n) is 4.15. The number of unbranched alkanes of at least 4 members (excludes halogenated alkanes) is 1. The number of aliphatic hydroxyl groups excluding tert-OH is 2. The van der Waals surface area contributed by atoms with E-state index in [9.17, 15) is 10.2 Å². The Hall–Kier alpha value is -0.980. The maximum atomic E-state index is 10.2. The van der Waals surface area contributed by atoms with Gasteiger partial charge in [-0.05, 0) is 31.9 Å². The smallest absolute Gasteiger partial charge is 0.157 e. The van der Waals surface area contributed by atoms with Gasteiger partial charge in [0.2, 0.25) is 0 Å². The SMILES string of the molecule is CC(CCCCN1C[C@H]2O[C@](C)(CC2O)C1)C(O)OCc1ccccc1. The Kier molecular flexibility index (Phi) is 6.70. The number of morpholine rings is 1. The van der Waals surface area contributed by atoms with Gasteiger partial charge in [-0.1, -0.05) is 43.7 Å². The minimum absolute atomic E-state index is 0.0270. The number of likely N-dealkylation sites (tertiary alicyclic amines) is 1. The van der Waals surface area contributed by atoms with Crippen molar-refractivity contribution in [1.29, 1.82) is 0 Å². The lowest BCUT2D eigenvalue weighted by Gasteiger charge is -2.38. The molecular formula is C21H33NO4. The second-order valence-corrected chi connectivity index (χ2v) is 8.27. The summed E-state index contributed by atoms with van der Waals surface area (Å²) in [7, 11) is 0. The average molecular weight is 363 g/mol. The lowest BCUT2D eigenvalue weighted by atomic mass is 10.0. The first-order chi connectivity index (χ1) is 12.5. The van der Waals surface area contributed by atoms with E-state index in [-0.39, 0.29) is 23.7 Å². The summed E-state index contributed by atoms with van der Waals surface area (Å²) >= 11 is 0. The van der Waals surface area contributed by atoms with E-state index in [1.807, 2.05) is 37.3 Å². The van der Waals surface area contributed by atoms with Crippen molar-refractivity contribution in [3.05, 3.63) is 35.9 Å². The van der Waals surface area contributed by atoms with E-state index < -0.39 is 6.29 Å². The van der Waals surface area contributed by atoms with Crippen molar-refractivity contribution >= 4 is 0 Å². The van der Waals surface area contributed by atoms with E-state index >= 15 is 0 Å². The van der Waals surface area contributed by atoms with Gasteiger partial charge >= 0.3 is 0 Å². The van der Waals surface area contributed by atoms with Crippen LogP contribution in [0, 0.1) is 5.92 Å². The maximum absolute atomic E-state index is 10.2. The number of benzene rings is 1. The molecule has 26 heavy (non-hydrogen) atoms. The number of fused-ring (bicyclic) bond motifs is 2. The Labute approximate surface area is 156 Å². The molecule has 2 aliphatic heterocycles. The monoisotopic (exact) mass is 363 g/mol. The molecule has 2 bridgehead atoms. The molecule has 0 amide bonds. The second kappa shape index (κ2) is 8.81. The molecule has 3 rings (SSSR count). The Morgan fingerprint density at radius 3 is 2.81 bits per heavy atom. The zero-order chi connectivity index (χ0) is 18.6. The summed E-state index contributed by atoms with van der Waals surface area (Å²) < 4.78 is 11.5. The molecule has 5 nitrogen and oxygen atoms in total. The van der Waals surface area contributed by atoms with E-state index in [4.69, 9.17) is 9.47 Å². The predicted octanol–water partition coefficient (Wildman–Crippen LogP) is 2.55. The minimum atomic E-state index is -0.719. The van der Waals surface area contributed by atoms with Crippen molar-refractivity contribution in [3.8, 4) is 0 Å². The summed E-state index contributed by atoms with van der Waals surface area (Å²) in [5, 5.41) is 20.2. The van der Waals surface area contributed by atoms with Crippen LogP contribution in [-0.2, 0) is 16.1 Å². The van der Waals surface area contributed by atoms with Crippen molar-refractivity contribution in [2.45, 2.75) is 70.2 Å². The fraction of sp³-hybridized carbons (Fsp3) is 0.714. The summed E-state index contributed by atoms with van der Waals surface area (Å²) in [5.74, 6) is 0.124. The van der Waals surface area contributed by atoms with E-state index in [2.05, 4.69) is 11.8 Å². The second-order valence-electron chi connectivity index (χ2n) is 8.27. The lowest BCUT2D eigenvalue weighted by molar-refractivity contribution is -0.140. The van der Waals surface area contributed by atoms with Crippen LogP contribution < -0.4 is 0 Å². The molecule has 2 heterocycles. The molecule has 2 N–H and O–H groups in total. The zero-order valence-electron chi connectivity index (χ0n) is 16.0. The number of aliphatic hydroxyl groups is 2. The summed E-state index contributed by atoms with van der Waals surface area (Å²) in [4.78, 5) is 2.41. The van der Waals surface area contributed by atoms with E-state index in [0.29, 0.717) is 6.61 Å². The van der Waals surface area contributed by atoms with Crippen LogP contribution in [0.15, 0.2) is 30.3 Å². The van der Waals surface area contributed by atoms with Gasteiger partial charge in [-0.25, -0.2) is 0 Å². The lowest BCUT2D eigenvalue weighted by Crippen LogP contribution is -2.49. The third-order valence-electron chi connectivity index (χ3n) is 5.64. The number of rotatable bonds is 9. The molecule has 0 radical (unpaired) electrons. The van der Waals surface area contributed by atoms with Gasteiger partial charge in [0.05, 0.1) is 24.4 Å². The van der Waals surface area contributed by atoms with Crippen LogP contribution in [0.1, 0.15) is 45.1 Å². The molecule has 2 aliphatic rings. The molecule has 146 valence electrons. The van der Waals surface area contributed by atoms with Gasteiger partial charge < -0.3 is 19.7 Å². The Morgan fingerprint density at radius 1 is 1.31 bits per heavy atom. The van der Waals surface area contributed by atoms with E-state index in [1.165, 1.54) is 0 Å². The van der Waals surface area contributed by atoms with Crippen molar-refractivity contribution in [1.82, 2.24) is 4.90 Å². The first-order valence-corrected chi connectivity index (χ1v) is 9.87. The van der Waals surface area contributed by atoms with Crippen molar-refractivity contribution < 1.29 is 19.7 Å². The third-order valence-corrected chi connectivity index (χ3v) is 5.64. The maximum Gasteiger partial charge on any atom is 0.157 e. The zero-order valence-corrected chi connectivity index (χ0v) is 16.0. The number of hydrogen-bond acceptors (Lipinski definition) is 5. The summed E-state index contributed by atoms with van der Waals surface area (Å²) in [5.41, 5.74) is 0.897. The average Bonchev–Trinajstić information content (AvgIpc) is 2.84. The van der Waals surface area contributed by atoms with Crippen molar-refractivity contribution in [2.24, 2.45) is 5.92 Å². The molecule has 0 aromatic heterocycles. The minimum Gasteiger partial charge on any atom is -0.390 e. The quantitative estimate of drug-likeness (QED) is 0.521. The highest BCUT2D eigenvalue weighted by Gasteiger charge is 2.47. The van der Waals surface area contributed by atoms with Crippen LogP contribution in [0.4, 0.5) is 0 Å². The fourth-order valence-corrected chi connectivity index (χ4v) is 4.15. The number of ether oxygens (including phenoxy) is 2. The van der Waals surface area contributed by atoms with Crippen LogP contribution >= 0.6 is 0 Å². The van der Waals surface area contributed by atoms with Gasteiger partial charge in [0.15, 0.2) is 6.29 Å². The molecule has 2 fully saturated rings. The molecule has 5 atom stereocenters. The van der Waals surface area contributed by atoms with Crippen LogP contribution in [0.3, 0.4) is 0 Å². The normalized spacial score (nSPS) is 31.1. The Bertz CT molecular complexity index is 550. The topological polar surface area (TPSA) is 62.2 Å². The molecule has 2 saturated heterocycles. The van der Waals surface area contributed by atoms with Crippen LogP contribution in [0.2, 0.25) is 0 Å². The largest absolute Gasteiger partial charge is 0.390 e. The summed E-state index contributed by atoms with van der Waals surface area (Å²) in [6.45, 7) is 7.35. The molecule has 5 heteroatoms. The van der Waals surface area contributed by atoms with Gasteiger partial charge in [-0.2, -0.15) is 0 Å². The molecule has 3 unspecified atom stereocenters. The highest BCUT2D eigenvalue weighted by atomic mass is 16.6. The highest BCUT2D eigenvalue weighted by molar-refractivity contribution is 5.13. The van der Waals surface area contributed by atoms with Crippen molar-refractivity contribution in [2.75, 3.05) is 19.6 Å². The molecule has 1 aromatic rings. The van der Waals surface area contributed by atoms with Gasteiger partial charge in [0, 0.05) is 25.4 Å². The molecule has 0 spiro atoms. The van der Waals surface area contributed by atoms with Crippen molar-refractivity contribution in [3.63, 3.8) is 0 Å². The van der Waals surface area contributed by atoms with E-state index in [0.717, 1.165) is 50.9 Å². The summed E-state index contributed by atoms with van der Waals surface area (Å²) in [6.07, 6.45) is 2.79. The molecule has 0 saturated carbocycles. The number of nitrogens with zero attached hydrogens (tertiary/aromatic N) is 1. The van der Waals surface area contributed by atoms with Gasteiger partial charge in [-0.15, -0.1) is 0 Å². The first-order valence-electron chi connectivity index (χ1n) is 9.87. The summed E-state index contributed by atoms with van der Waals surface area (Å²) in [6, 6.07) is 9.94. The third kappa shape index (κ3) is 5.27. The molecular weight excluding hydrogens is 330 g/mol. The Balaban J connectivity index is 1.31. The first kappa shape index (κ1) is 19.8. The molecule has 1 aromatic carbocycles. The van der Waals surface area contributed by atoms with E-state index in [1.54, 1.807) is 0 Å². The van der Waals surface area contributed by atoms with Crippen LogP contribution in [0.25, 0.3) is 0 Å². The highest BCUT2D eigenvalue weighted by Crippen LogP contribution is 2.35. The predicted molar refractivity (Wildman–Crippen MR) is 101 cm³/mol. The van der Waals surface area contributed by atoms with Gasteiger partial charge in [-0.3, -0.25) is 4.90 Å². The van der Waals surface area contributed by atoms with Gasteiger partial charge in [0.25, 0.3) is 0 Å². The molecule has 0 aliphatic carbocycles. The van der Waals surface area contributed by atoms with Crippen LogP contribution in [0.5, 0.6) is 0 Å². The number of hydrogen-bond donors (Lipinski definition) is 2. The van der Waals surface area contributed by atoms with Gasteiger partial charge in [0.1, 0.15) is 0 Å².